The van der Waals surface area contributed by atoms with E-state index in [9.17, 15) is 14.7 Å². The van der Waals surface area contributed by atoms with Crippen molar-refractivity contribution in [2.45, 2.75) is 37.8 Å². The summed E-state index contributed by atoms with van der Waals surface area (Å²) in [7, 11) is 3.59. The molecule has 0 radical (unpaired) electrons. The molecule has 1 saturated heterocycles. The maximum absolute atomic E-state index is 12.7. The largest absolute Gasteiger partial charge is 0.492 e. The van der Waals surface area contributed by atoms with E-state index in [1.54, 1.807) is 13.2 Å². The number of benzene rings is 1. The fourth-order valence-electron chi connectivity index (χ4n) is 4.08. The van der Waals surface area contributed by atoms with E-state index in [-0.39, 0.29) is 11.6 Å². The van der Waals surface area contributed by atoms with E-state index in [0.717, 1.165) is 44.5 Å². The van der Waals surface area contributed by atoms with Gasteiger partial charge in [0, 0.05) is 31.4 Å². The van der Waals surface area contributed by atoms with E-state index in [0.29, 0.717) is 22.7 Å². The number of ether oxygens (including phenoxy) is 1. The summed E-state index contributed by atoms with van der Waals surface area (Å²) in [6.45, 7) is 1.81. The average molecular weight is 371 g/mol. The molecule has 2 aliphatic rings. The summed E-state index contributed by atoms with van der Waals surface area (Å²) in [4.78, 5) is 26.6. The number of nitrogens with zero attached hydrogens (tertiary/aromatic N) is 2. The van der Waals surface area contributed by atoms with Gasteiger partial charge in [0.1, 0.15) is 5.56 Å². The molecule has 0 bridgehead atoms. The molecule has 1 aromatic carbocycles. The Morgan fingerprint density at radius 3 is 2.70 bits per heavy atom. The van der Waals surface area contributed by atoms with Crippen molar-refractivity contribution in [1.29, 1.82) is 0 Å². The van der Waals surface area contributed by atoms with Gasteiger partial charge in [-0.2, -0.15) is 0 Å². The van der Waals surface area contributed by atoms with Crippen LogP contribution in [0.5, 0.6) is 5.75 Å². The number of anilines is 1. The van der Waals surface area contributed by atoms with Crippen molar-refractivity contribution in [1.82, 2.24) is 9.88 Å². The normalized spacial score (nSPS) is 20.1. The second-order valence-electron chi connectivity index (χ2n) is 7.40. The third-order valence-electron chi connectivity index (χ3n) is 5.67. The van der Waals surface area contributed by atoms with Gasteiger partial charge in [0.05, 0.1) is 23.7 Å². The third-order valence-corrected chi connectivity index (χ3v) is 5.67. The first-order chi connectivity index (χ1) is 13.0. The van der Waals surface area contributed by atoms with Crippen LogP contribution in [0.25, 0.3) is 10.9 Å². The van der Waals surface area contributed by atoms with E-state index in [2.05, 4.69) is 10.2 Å². The summed E-state index contributed by atoms with van der Waals surface area (Å²) in [6.07, 6.45) is 5.67. The molecule has 7 heteroatoms. The molecule has 1 atom stereocenters. The highest BCUT2D eigenvalue weighted by atomic mass is 16.5. The number of fused-ring (bicyclic) bond motifs is 1. The number of carboxylic acids is 1. The number of hydrogen-bond acceptors (Lipinski definition) is 5. The van der Waals surface area contributed by atoms with Crippen LogP contribution in [0, 0.1) is 0 Å². The Balaban J connectivity index is 1.93. The highest BCUT2D eigenvalue weighted by Gasteiger charge is 2.30. The van der Waals surface area contributed by atoms with Gasteiger partial charge in [-0.15, -0.1) is 0 Å². The van der Waals surface area contributed by atoms with Gasteiger partial charge in [0.2, 0.25) is 5.43 Å². The standard InChI is InChI=1S/C20H25N3O4/c1-21-12-4-3-9-22(10-12)16-8-7-14-17(19(16)27-2)23(13-5-6-13)11-15(18(14)24)20(25)26/h7-8,11-13,21H,3-6,9-10H2,1-2H3,(H,25,26). The van der Waals surface area contributed by atoms with Crippen LogP contribution in [-0.4, -0.2) is 48.9 Å². The quantitative estimate of drug-likeness (QED) is 0.839. The molecule has 27 heavy (non-hydrogen) atoms. The second-order valence-corrected chi connectivity index (χ2v) is 7.40. The van der Waals surface area contributed by atoms with Crippen LogP contribution in [0.3, 0.4) is 0 Å². The van der Waals surface area contributed by atoms with Crippen LogP contribution in [0.4, 0.5) is 5.69 Å². The predicted octanol–water partition coefficient (Wildman–Crippen LogP) is 2.23. The lowest BCUT2D eigenvalue weighted by atomic mass is 10.0. The van der Waals surface area contributed by atoms with Crippen LogP contribution >= 0.6 is 0 Å². The van der Waals surface area contributed by atoms with Crippen molar-refractivity contribution < 1.29 is 14.6 Å². The van der Waals surface area contributed by atoms with Gasteiger partial charge < -0.3 is 24.6 Å². The number of hydrogen-bond donors (Lipinski definition) is 2. The number of aromatic carboxylic acids is 1. The average Bonchev–Trinajstić information content (AvgIpc) is 3.52. The number of carboxylic acid groups (broad SMARTS) is 1. The molecule has 1 aromatic heterocycles. The van der Waals surface area contributed by atoms with Crippen molar-refractivity contribution >= 4 is 22.6 Å². The number of aromatic nitrogens is 1. The van der Waals surface area contributed by atoms with Crippen molar-refractivity contribution in [2.24, 2.45) is 0 Å². The highest BCUT2D eigenvalue weighted by molar-refractivity contribution is 5.97. The Morgan fingerprint density at radius 2 is 2.07 bits per heavy atom. The Morgan fingerprint density at radius 1 is 1.30 bits per heavy atom. The molecule has 1 saturated carbocycles. The second kappa shape index (κ2) is 6.88. The van der Waals surface area contributed by atoms with Gasteiger partial charge in [0.25, 0.3) is 0 Å². The van der Waals surface area contributed by atoms with Crippen LogP contribution in [0.1, 0.15) is 42.1 Å². The molecule has 0 amide bonds. The fourth-order valence-corrected chi connectivity index (χ4v) is 4.08. The lowest BCUT2D eigenvalue weighted by Gasteiger charge is -2.35. The minimum atomic E-state index is -1.19. The zero-order valence-corrected chi connectivity index (χ0v) is 15.7. The van der Waals surface area contributed by atoms with E-state index in [1.165, 1.54) is 6.20 Å². The number of pyridine rings is 1. The highest BCUT2D eigenvalue weighted by Crippen LogP contribution is 2.42. The fraction of sp³-hybridized carbons (Fsp3) is 0.500. The van der Waals surface area contributed by atoms with Crippen LogP contribution in [-0.2, 0) is 0 Å². The van der Waals surface area contributed by atoms with Gasteiger partial charge in [-0.25, -0.2) is 4.79 Å². The van der Waals surface area contributed by atoms with Gasteiger partial charge in [0.15, 0.2) is 5.75 Å². The first kappa shape index (κ1) is 17.9. The van der Waals surface area contributed by atoms with Crippen molar-refractivity contribution in [3.63, 3.8) is 0 Å². The van der Waals surface area contributed by atoms with Crippen molar-refractivity contribution in [3.05, 3.63) is 34.1 Å². The Hall–Kier alpha value is -2.54. The Labute approximate surface area is 157 Å². The van der Waals surface area contributed by atoms with E-state index < -0.39 is 11.4 Å². The molecule has 2 heterocycles. The predicted molar refractivity (Wildman–Crippen MR) is 104 cm³/mol. The van der Waals surface area contributed by atoms with Crippen molar-refractivity contribution in [2.75, 3.05) is 32.1 Å². The minimum Gasteiger partial charge on any atom is -0.492 e. The number of carbonyl (C=O) groups is 1. The smallest absolute Gasteiger partial charge is 0.341 e. The summed E-state index contributed by atoms with van der Waals surface area (Å²) in [5.74, 6) is -0.530. The maximum atomic E-state index is 12.7. The molecule has 144 valence electrons. The molecule has 4 rings (SSSR count). The van der Waals surface area contributed by atoms with Gasteiger partial charge in [-0.3, -0.25) is 4.79 Å². The molecule has 2 aromatic rings. The van der Waals surface area contributed by atoms with Crippen LogP contribution in [0.15, 0.2) is 23.1 Å². The molecule has 2 N–H and O–H groups in total. The number of rotatable bonds is 5. The maximum Gasteiger partial charge on any atom is 0.341 e. The first-order valence-corrected chi connectivity index (χ1v) is 9.46. The summed E-state index contributed by atoms with van der Waals surface area (Å²) in [5, 5.41) is 13.2. The summed E-state index contributed by atoms with van der Waals surface area (Å²) < 4.78 is 7.72. The minimum absolute atomic E-state index is 0.183. The number of likely N-dealkylation sites (N-methyl/N-ethyl adjacent to an activating group) is 1. The van der Waals surface area contributed by atoms with E-state index >= 15 is 0 Å². The van der Waals surface area contributed by atoms with E-state index in [4.69, 9.17) is 4.74 Å². The molecule has 1 aliphatic heterocycles. The van der Waals surface area contributed by atoms with E-state index in [1.807, 2.05) is 17.7 Å². The number of nitrogens with one attached hydrogen (secondary N) is 1. The topological polar surface area (TPSA) is 83.8 Å². The van der Waals surface area contributed by atoms with Gasteiger partial charge >= 0.3 is 5.97 Å². The lowest BCUT2D eigenvalue weighted by molar-refractivity contribution is 0.0695. The molecule has 1 unspecified atom stereocenters. The summed E-state index contributed by atoms with van der Waals surface area (Å²) >= 11 is 0. The Bertz CT molecular complexity index is 948. The van der Waals surface area contributed by atoms with Gasteiger partial charge in [-0.05, 0) is 44.9 Å². The summed E-state index contributed by atoms with van der Waals surface area (Å²) in [5.41, 5.74) is 1.03. The monoisotopic (exact) mass is 371 g/mol. The lowest BCUT2D eigenvalue weighted by Crippen LogP contribution is -2.44. The zero-order chi connectivity index (χ0) is 19.1. The molecular formula is C20H25N3O4. The number of piperidine rings is 1. The zero-order valence-electron chi connectivity index (χ0n) is 15.7. The first-order valence-electron chi connectivity index (χ1n) is 9.46. The van der Waals surface area contributed by atoms with Gasteiger partial charge in [-0.1, -0.05) is 0 Å². The molecule has 2 fully saturated rings. The Kier molecular flexibility index (Phi) is 4.55. The third kappa shape index (κ3) is 3.06. The number of methoxy groups -OCH3 is 1. The van der Waals surface area contributed by atoms with Crippen LogP contribution < -0.4 is 20.4 Å². The molecule has 7 nitrogen and oxygen atoms in total. The molecular weight excluding hydrogens is 346 g/mol. The molecule has 0 spiro atoms. The van der Waals surface area contributed by atoms with Crippen LogP contribution in [0.2, 0.25) is 0 Å². The summed E-state index contributed by atoms with van der Waals surface area (Å²) in [6, 6.07) is 4.29. The SMILES string of the molecule is CNC1CCCN(c2ccc3c(=O)c(C(=O)O)cn(C4CC4)c3c2OC)C1. The van der Waals surface area contributed by atoms with Crippen molar-refractivity contribution in [3.8, 4) is 5.75 Å². The molecule has 1 aliphatic carbocycles.